The number of nitrogens with zero attached hydrogens (tertiary/aromatic N) is 2. The highest BCUT2D eigenvalue weighted by Crippen LogP contribution is 2.43. The maximum Gasteiger partial charge on any atom is 0.253 e. The third-order valence-corrected chi connectivity index (χ3v) is 8.27. The van der Waals surface area contributed by atoms with Crippen LogP contribution in [0, 0.1) is 12.8 Å². The smallest absolute Gasteiger partial charge is 0.253 e. The van der Waals surface area contributed by atoms with Gasteiger partial charge in [-0.25, -0.2) is 12.7 Å². The number of carbonyl (C=O) groups excluding carboxylic acids is 1. The van der Waals surface area contributed by atoms with Crippen molar-refractivity contribution in [3.8, 4) is 0 Å². The Bertz CT molecular complexity index is 1030. The third-order valence-electron chi connectivity index (χ3n) is 6.45. The molecule has 1 aromatic carbocycles. The fraction of sp³-hybridized carbons (Fsp3) is 0.478. The van der Waals surface area contributed by atoms with Crippen LogP contribution in [0.15, 0.2) is 48.8 Å². The quantitative estimate of drug-likeness (QED) is 0.767. The number of benzene rings is 1. The number of piperidine rings is 1. The number of rotatable bonds is 5. The largest absolute Gasteiger partial charge is 0.362 e. The van der Waals surface area contributed by atoms with E-state index >= 15 is 0 Å². The summed E-state index contributed by atoms with van der Waals surface area (Å²) in [5, 5.41) is 2.85. The summed E-state index contributed by atoms with van der Waals surface area (Å²) in [4.78, 5) is 16.6. The van der Waals surface area contributed by atoms with Gasteiger partial charge in [0, 0.05) is 19.3 Å². The molecule has 3 atom stereocenters. The molecule has 0 saturated carbocycles. The van der Waals surface area contributed by atoms with Crippen molar-refractivity contribution < 1.29 is 17.9 Å². The highest BCUT2D eigenvalue weighted by atomic mass is 32.2. The summed E-state index contributed by atoms with van der Waals surface area (Å²) in [6.07, 6.45) is 4.70. The first-order valence-electron chi connectivity index (χ1n) is 10.7. The molecule has 2 aliphatic heterocycles. The van der Waals surface area contributed by atoms with Crippen molar-refractivity contribution in [2.45, 2.75) is 50.6 Å². The predicted octanol–water partition coefficient (Wildman–Crippen LogP) is 3.12. The number of hydrogen-bond acceptors (Lipinski definition) is 5. The molecule has 31 heavy (non-hydrogen) atoms. The number of pyridine rings is 1. The average Bonchev–Trinajstić information content (AvgIpc) is 3.18. The van der Waals surface area contributed by atoms with Gasteiger partial charge in [-0.1, -0.05) is 36.8 Å². The van der Waals surface area contributed by atoms with Crippen molar-refractivity contribution in [1.29, 1.82) is 0 Å². The van der Waals surface area contributed by atoms with Crippen LogP contribution < -0.4 is 5.32 Å². The first-order chi connectivity index (χ1) is 14.8. The van der Waals surface area contributed by atoms with Crippen LogP contribution in [0.5, 0.6) is 0 Å². The van der Waals surface area contributed by atoms with E-state index in [-0.39, 0.29) is 17.6 Å². The Morgan fingerprint density at radius 3 is 2.71 bits per heavy atom. The van der Waals surface area contributed by atoms with Gasteiger partial charge in [0.1, 0.15) is 6.10 Å². The van der Waals surface area contributed by atoms with E-state index < -0.39 is 21.7 Å². The molecule has 1 N–H and O–H groups in total. The average molecular weight is 444 g/mol. The number of ether oxygens (including phenoxy) is 1. The molecule has 3 heterocycles. The standard InChI is InChI=1S/C23H29N3O4S/c1-17-5-7-19(8-6-17)16-31(28,29)26-13-11-23(18(2)15-26)10-9-21(30-23)22(27)25-20-4-3-12-24-14-20/h3-8,12,14,18,21H,9-11,13,15-16H2,1-2H3,(H,25,27)/t18-,21+,23+/m0/s1. The zero-order valence-electron chi connectivity index (χ0n) is 18.0. The molecular weight excluding hydrogens is 414 g/mol. The molecule has 166 valence electrons. The van der Waals surface area contributed by atoms with E-state index in [1.54, 1.807) is 28.8 Å². The maximum absolute atomic E-state index is 13.0. The topological polar surface area (TPSA) is 88.6 Å². The summed E-state index contributed by atoms with van der Waals surface area (Å²) in [5.74, 6) is -0.166. The monoisotopic (exact) mass is 443 g/mol. The number of nitrogens with one attached hydrogen (secondary N) is 1. The van der Waals surface area contributed by atoms with Crippen LogP contribution in [0.1, 0.15) is 37.3 Å². The minimum absolute atomic E-state index is 0.00397. The molecule has 0 bridgehead atoms. The molecule has 2 aliphatic rings. The number of amides is 1. The second kappa shape index (κ2) is 8.68. The molecule has 1 amide bonds. The highest BCUT2D eigenvalue weighted by Gasteiger charge is 2.50. The Balaban J connectivity index is 1.37. The lowest BCUT2D eigenvalue weighted by molar-refractivity contribution is -0.140. The van der Waals surface area contributed by atoms with Crippen LogP contribution >= 0.6 is 0 Å². The minimum Gasteiger partial charge on any atom is -0.362 e. The Morgan fingerprint density at radius 2 is 2.03 bits per heavy atom. The van der Waals surface area contributed by atoms with Crippen molar-refractivity contribution in [1.82, 2.24) is 9.29 Å². The molecular formula is C23H29N3O4S. The molecule has 2 saturated heterocycles. The number of carbonyl (C=O) groups is 1. The lowest BCUT2D eigenvalue weighted by Crippen LogP contribution is -2.53. The number of hydrogen-bond donors (Lipinski definition) is 1. The summed E-state index contributed by atoms with van der Waals surface area (Å²) in [6.45, 7) is 4.82. The van der Waals surface area contributed by atoms with Crippen LogP contribution in [0.3, 0.4) is 0 Å². The van der Waals surface area contributed by atoms with Crippen LogP contribution in [-0.2, 0) is 25.3 Å². The summed E-state index contributed by atoms with van der Waals surface area (Å²) >= 11 is 0. The first-order valence-corrected chi connectivity index (χ1v) is 12.3. The molecule has 0 aliphatic carbocycles. The van der Waals surface area contributed by atoms with Crippen molar-refractivity contribution >= 4 is 21.6 Å². The zero-order chi connectivity index (χ0) is 22.1. The summed E-state index contributed by atoms with van der Waals surface area (Å²) in [7, 11) is -3.41. The van der Waals surface area contributed by atoms with Crippen molar-refractivity contribution in [2.75, 3.05) is 18.4 Å². The van der Waals surface area contributed by atoms with Gasteiger partial charge in [-0.2, -0.15) is 0 Å². The van der Waals surface area contributed by atoms with E-state index in [1.807, 2.05) is 38.1 Å². The third kappa shape index (κ3) is 4.81. The Kier molecular flexibility index (Phi) is 6.14. The van der Waals surface area contributed by atoms with Crippen LogP contribution in [0.25, 0.3) is 0 Å². The molecule has 4 rings (SSSR count). The van der Waals surface area contributed by atoms with Gasteiger partial charge in [-0.05, 0) is 49.8 Å². The summed E-state index contributed by atoms with van der Waals surface area (Å²) < 4.78 is 33.8. The Hall–Kier alpha value is -2.29. The van der Waals surface area contributed by atoms with E-state index in [0.717, 1.165) is 17.5 Å². The van der Waals surface area contributed by atoms with Gasteiger partial charge in [-0.15, -0.1) is 0 Å². The van der Waals surface area contributed by atoms with Gasteiger partial charge < -0.3 is 10.1 Å². The first kappa shape index (κ1) is 21.9. The maximum atomic E-state index is 13.0. The van der Waals surface area contributed by atoms with Crippen molar-refractivity contribution in [3.63, 3.8) is 0 Å². The molecule has 0 unspecified atom stereocenters. The van der Waals surface area contributed by atoms with Crippen LogP contribution in [0.2, 0.25) is 0 Å². The number of anilines is 1. The van der Waals surface area contributed by atoms with E-state index in [2.05, 4.69) is 10.3 Å². The van der Waals surface area contributed by atoms with Crippen molar-refractivity contribution in [2.24, 2.45) is 5.92 Å². The van der Waals surface area contributed by atoms with Gasteiger partial charge >= 0.3 is 0 Å². The lowest BCUT2D eigenvalue weighted by Gasteiger charge is -2.43. The van der Waals surface area contributed by atoms with Crippen LogP contribution in [0.4, 0.5) is 5.69 Å². The van der Waals surface area contributed by atoms with E-state index in [4.69, 9.17) is 4.74 Å². The summed E-state index contributed by atoms with van der Waals surface area (Å²) in [6, 6.07) is 11.2. The van der Waals surface area contributed by atoms with E-state index in [1.165, 1.54) is 0 Å². The Labute approximate surface area is 183 Å². The van der Waals surface area contributed by atoms with Gasteiger partial charge in [-0.3, -0.25) is 9.78 Å². The fourth-order valence-electron chi connectivity index (χ4n) is 4.53. The molecule has 0 radical (unpaired) electrons. The number of aryl methyl sites for hydroxylation is 1. The van der Waals surface area contributed by atoms with E-state index in [0.29, 0.717) is 31.6 Å². The lowest BCUT2D eigenvalue weighted by atomic mass is 9.81. The minimum atomic E-state index is -3.41. The molecule has 2 aromatic rings. The Morgan fingerprint density at radius 1 is 1.26 bits per heavy atom. The van der Waals surface area contributed by atoms with Gasteiger partial charge in [0.15, 0.2) is 0 Å². The second-order valence-electron chi connectivity index (χ2n) is 8.69. The van der Waals surface area contributed by atoms with Gasteiger partial charge in [0.25, 0.3) is 5.91 Å². The predicted molar refractivity (Wildman–Crippen MR) is 119 cm³/mol. The second-order valence-corrected chi connectivity index (χ2v) is 10.7. The molecule has 1 spiro atoms. The van der Waals surface area contributed by atoms with Gasteiger partial charge in [0.05, 0.1) is 23.2 Å². The van der Waals surface area contributed by atoms with Crippen molar-refractivity contribution in [3.05, 3.63) is 59.9 Å². The van der Waals surface area contributed by atoms with E-state index in [9.17, 15) is 13.2 Å². The van der Waals surface area contributed by atoms with Crippen LogP contribution in [-0.4, -0.2) is 48.4 Å². The normalized spacial score (nSPS) is 26.8. The highest BCUT2D eigenvalue weighted by molar-refractivity contribution is 7.88. The molecule has 7 nitrogen and oxygen atoms in total. The fourth-order valence-corrected chi connectivity index (χ4v) is 6.15. The number of aromatic nitrogens is 1. The zero-order valence-corrected chi connectivity index (χ0v) is 18.8. The molecule has 1 aromatic heterocycles. The van der Waals surface area contributed by atoms with Gasteiger partial charge in [0.2, 0.25) is 10.0 Å². The summed E-state index contributed by atoms with van der Waals surface area (Å²) in [5.41, 5.74) is 2.09. The molecule has 2 fully saturated rings. The number of sulfonamides is 1. The molecule has 8 heteroatoms. The SMILES string of the molecule is Cc1ccc(CS(=O)(=O)N2CC[C@]3(CC[C@H](C(=O)Nc4cccnc4)O3)[C@@H](C)C2)cc1.